The summed E-state index contributed by atoms with van der Waals surface area (Å²) in [4.78, 5) is 22.4. The molecule has 0 aromatic heterocycles. The number of carboxylic acid groups (broad SMARTS) is 1. The Morgan fingerprint density at radius 3 is 2.50 bits per heavy atom. The summed E-state index contributed by atoms with van der Waals surface area (Å²) in [5, 5.41) is 11.3. The second-order valence-corrected chi connectivity index (χ2v) is 6.27. The number of hydrogen-bond donors (Lipinski definition) is 3. The van der Waals surface area contributed by atoms with Crippen molar-refractivity contribution in [2.75, 3.05) is 10.5 Å². The van der Waals surface area contributed by atoms with Crippen molar-refractivity contribution in [3.05, 3.63) is 29.8 Å². The molecule has 1 aromatic carbocycles. The van der Waals surface area contributed by atoms with E-state index in [4.69, 9.17) is 5.11 Å². The van der Waals surface area contributed by atoms with Crippen LogP contribution in [0.4, 0.5) is 5.69 Å². The van der Waals surface area contributed by atoms with Gasteiger partial charge in [0.25, 0.3) is 5.91 Å². The fourth-order valence-corrected chi connectivity index (χ4v) is 2.54. The fraction of sp³-hybridized carbons (Fsp3) is 0.333. The first-order valence-corrected chi connectivity index (χ1v) is 7.65. The second-order valence-electron chi connectivity index (χ2n) is 4.55. The quantitative estimate of drug-likeness (QED) is 0.704. The van der Waals surface area contributed by atoms with Crippen LogP contribution in [-0.2, 0) is 14.8 Å². The van der Waals surface area contributed by atoms with Crippen molar-refractivity contribution >= 4 is 27.6 Å². The van der Waals surface area contributed by atoms with Crippen molar-refractivity contribution in [1.29, 1.82) is 0 Å². The maximum Gasteiger partial charge on any atom is 0.320 e. The maximum absolute atomic E-state index is 12.0. The van der Waals surface area contributed by atoms with Gasteiger partial charge in [0.2, 0.25) is 10.0 Å². The molecule has 7 nitrogen and oxygen atoms in total. The number of nitrogens with one attached hydrogen (secondary N) is 2. The van der Waals surface area contributed by atoms with E-state index in [1.807, 2.05) is 0 Å². The summed E-state index contributed by atoms with van der Waals surface area (Å²) in [6.07, 6.45) is 1.83. The Labute approximate surface area is 116 Å². The van der Waals surface area contributed by atoms with Crippen molar-refractivity contribution in [3.8, 4) is 0 Å². The minimum absolute atomic E-state index is 0.0758. The number of carboxylic acids is 1. The summed E-state index contributed by atoms with van der Waals surface area (Å²) >= 11 is 0. The number of carbonyl (C=O) groups is 2. The van der Waals surface area contributed by atoms with Gasteiger partial charge < -0.3 is 10.4 Å². The minimum atomic E-state index is -4.03. The van der Waals surface area contributed by atoms with Crippen LogP contribution < -0.4 is 10.0 Å². The topological polar surface area (TPSA) is 113 Å². The van der Waals surface area contributed by atoms with E-state index in [-0.39, 0.29) is 23.2 Å². The summed E-state index contributed by atoms with van der Waals surface area (Å²) in [5.41, 5.74) is 0.250. The third-order valence-corrected chi connectivity index (χ3v) is 3.82. The van der Waals surface area contributed by atoms with Crippen LogP contribution in [0.2, 0.25) is 0 Å². The molecule has 108 valence electrons. The molecule has 3 N–H and O–H groups in total. The van der Waals surface area contributed by atoms with Crippen molar-refractivity contribution in [2.45, 2.75) is 18.9 Å². The largest absolute Gasteiger partial charge is 0.480 e. The Morgan fingerprint density at radius 2 is 1.90 bits per heavy atom. The number of rotatable bonds is 6. The molecule has 1 amide bonds. The number of aliphatic carboxylic acids is 1. The minimum Gasteiger partial charge on any atom is -0.480 e. The van der Waals surface area contributed by atoms with Gasteiger partial charge in [0.05, 0.1) is 11.3 Å². The van der Waals surface area contributed by atoms with E-state index in [2.05, 4.69) is 10.0 Å². The predicted octanol–water partition coefficient (Wildman–Crippen LogP) is 0.405. The van der Waals surface area contributed by atoms with Crippen LogP contribution in [0, 0.1) is 0 Å². The molecule has 0 saturated heterocycles. The molecule has 0 radical (unpaired) electrons. The number of hydrogen-bond acceptors (Lipinski definition) is 4. The number of sulfonamides is 1. The number of benzene rings is 1. The van der Waals surface area contributed by atoms with E-state index in [9.17, 15) is 18.0 Å². The van der Waals surface area contributed by atoms with Gasteiger partial charge >= 0.3 is 5.97 Å². The lowest BCUT2D eigenvalue weighted by molar-refractivity contribution is -0.134. The van der Waals surface area contributed by atoms with Crippen molar-refractivity contribution in [1.82, 2.24) is 5.32 Å². The first-order chi connectivity index (χ1) is 9.37. The zero-order valence-corrected chi connectivity index (χ0v) is 11.3. The van der Waals surface area contributed by atoms with Gasteiger partial charge in [-0.15, -0.1) is 0 Å². The van der Waals surface area contributed by atoms with Gasteiger partial charge in [-0.05, 0) is 25.0 Å². The molecule has 0 aliphatic heterocycles. The van der Waals surface area contributed by atoms with Crippen LogP contribution in [0.5, 0.6) is 0 Å². The van der Waals surface area contributed by atoms with Gasteiger partial charge in [-0.3, -0.25) is 14.3 Å². The standard InChI is InChI=1S/C12H14N2O5S/c15-11(16)7-20(18,19)14-10-4-2-1-3-9(10)12(17)13-8-5-6-8/h1-4,8,14H,5-7H2,(H,13,17)(H,15,16). The van der Waals surface area contributed by atoms with Gasteiger partial charge in [-0.2, -0.15) is 0 Å². The highest BCUT2D eigenvalue weighted by Gasteiger charge is 2.25. The number of anilines is 1. The molecule has 1 fully saturated rings. The average Bonchev–Trinajstić information content (AvgIpc) is 3.11. The fourth-order valence-electron chi connectivity index (χ4n) is 1.63. The lowest BCUT2D eigenvalue weighted by Gasteiger charge is -2.11. The van der Waals surface area contributed by atoms with E-state index in [0.717, 1.165) is 12.8 Å². The van der Waals surface area contributed by atoms with E-state index in [1.165, 1.54) is 12.1 Å². The Hall–Kier alpha value is -2.09. The zero-order chi connectivity index (χ0) is 14.8. The number of amides is 1. The highest BCUT2D eigenvalue weighted by molar-refractivity contribution is 7.93. The SMILES string of the molecule is O=C(O)CS(=O)(=O)Nc1ccccc1C(=O)NC1CC1. The van der Waals surface area contributed by atoms with Crippen LogP contribution in [0.1, 0.15) is 23.2 Å². The Kier molecular flexibility index (Phi) is 3.93. The van der Waals surface area contributed by atoms with Crippen LogP contribution in [0.15, 0.2) is 24.3 Å². The van der Waals surface area contributed by atoms with E-state index in [0.29, 0.717) is 0 Å². The van der Waals surface area contributed by atoms with Gasteiger partial charge in [-0.1, -0.05) is 12.1 Å². The molecule has 8 heteroatoms. The summed E-state index contributed by atoms with van der Waals surface area (Å²) in [5.74, 6) is -2.88. The molecule has 1 aliphatic carbocycles. The molecule has 1 saturated carbocycles. The third-order valence-electron chi connectivity index (χ3n) is 2.66. The molecule has 1 aliphatic rings. The lowest BCUT2D eigenvalue weighted by Crippen LogP contribution is -2.28. The van der Waals surface area contributed by atoms with Crippen LogP contribution >= 0.6 is 0 Å². The molecule has 2 rings (SSSR count). The highest BCUT2D eigenvalue weighted by Crippen LogP contribution is 2.22. The molecule has 1 aromatic rings. The molecule has 0 unspecified atom stereocenters. The third kappa shape index (κ3) is 3.95. The van der Waals surface area contributed by atoms with Crippen molar-refractivity contribution in [3.63, 3.8) is 0 Å². The van der Waals surface area contributed by atoms with E-state index in [1.54, 1.807) is 12.1 Å². The van der Waals surface area contributed by atoms with Gasteiger partial charge in [0, 0.05) is 6.04 Å². The zero-order valence-electron chi connectivity index (χ0n) is 10.5. The van der Waals surface area contributed by atoms with Gasteiger partial charge in [0.15, 0.2) is 5.75 Å². The maximum atomic E-state index is 12.0. The van der Waals surface area contributed by atoms with E-state index < -0.39 is 21.7 Å². The first-order valence-electron chi connectivity index (χ1n) is 5.99. The van der Waals surface area contributed by atoms with Gasteiger partial charge in [0.1, 0.15) is 0 Å². The smallest absolute Gasteiger partial charge is 0.320 e. The average molecular weight is 298 g/mol. The molecule has 0 spiro atoms. The Morgan fingerprint density at radius 1 is 1.25 bits per heavy atom. The summed E-state index contributed by atoms with van der Waals surface area (Å²) < 4.78 is 25.3. The summed E-state index contributed by atoms with van der Waals surface area (Å²) in [7, 11) is -4.03. The predicted molar refractivity (Wildman–Crippen MR) is 72.0 cm³/mol. The molecule has 0 bridgehead atoms. The lowest BCUT2D eigenvalue weighted by atomic mass is 10.1. The molecule has 20 heavy (non-hydrogen) atoms. The summed E-state index contributed by atoms with van der Waals surface area (Å²) in [6.45, 7) is 0. The van der Waals surface area contributed by atoms with Gasteiger partial charge in [-0.25, -0.2) is 8.42 Å². The van der Waals surface area contributed by atoms with Crippen molar-refractivity contribution < 1.29 is 23.1 Å². The molecular formula is C12H14N2O5S. The van der Waals surface area contributed by atoms with Crippen LogP contribution in [0.3, 0.4) is 0 Å². The van der Waals surface area contributed by atoms with Crippen LogP contribution in [0.25, 0.3) is 0 Å². The van der Waals surface area contributed by atoms with Crippen LogP contribution in [-0.4, -0.2) is 37.2 Å². The van der Waals surface area contributed by atoms with E-state index >= 15 is 0 Å². The summed E-state index contributed by atoms with van der Waals surface area (Å²) in [6, 6.07) is 6.21. The molecule has 0 atom stereocenters. The molecular weight excluding hydrogens is 284 g/mol. The highest BCUT2D eigenvalue weighted by atomic mass is 32.2. The Balaban J connectivity index is 2.18. The number of carbonyl (C=O) groups excluding carboxylic acids is 1. The first kappa shape index (κ1) is 14.3. The molecule has 0 heterocycles. The second kappa shape index (κ2) is 5.49. The normalized spacial score (nSPS) is 14.6. The van der Waals surface area contributed by atoms with Crippen molar-refractivity contribution in [2.24, 2.45) is 0 Å². The number of para-hydroxylation sites is 1. The monoisotopic (exact) mass is 298 g/mol. The Bertz CT molecular complexity index is 637.